The van der Waals surface area contributed by atoms with Crippen LogP contribution in [-0.4, -0.2) is 18.1 Å². The summed E-state index contributed by atoms with van der Waals surface area (Å²) in [5, 5.41) is 0. The molecule has 0 saturated carbocycles. The number of hydrogen-bond acceptors (Lipinski definition) is 5. The number of oxazole rings is 1. The Morgan fingerprint density at radius 2 is 2.23 bits per heavy atom. The minimum absolute atomic E-state index is 0.0101. The molecule has 0 saturated heterocycles. The number of carbonyl (C=O) groups excluding carboxylic acids is 1. The molecule has 0 bridgehead atoms. The van der Waals surface area contributed by atoms with Crippen molar-refractivity contribution >= 4 is 12.0 Å². The van der Waals surface area contributed by atoms with Gasteiger partial charge in [0, 0.05) is 0 Å². The second kappa shape index (κ2) is 3.47. The maximum atomic E-state index is 11.1. The van der Waals surface area contributed by atoms with Crippen molar-refractivity contribution in [3.8, 4) is 0 Å². The zero-order valence-corrected chi connectivity index (χ0v) is 7.83. The van der Waals surface area contributed by atoms with E-state index in [2.05, 4.69) is 9.72 Å². The third kappa shape index (κ3) is 1.80. The number of anilines is 1. The molecule has 1 aromatic heterocycles. The molecule has 13 heavy (non-hydrogen) atoms. The Balaban J connectivity index is 3.11. The van der Waals surface area contributed by atoms with Gasteiger partial charge in [0.05, 0.1) is 12.8 Å². The van der Waals surface area contributed by atoms with Gasteiger partial charge in [0.25, 0.3) is 6.01 Å². The molecule has 0 aliphatic carbocycles. The number of aromatic nitrogens is 1. The fourth-order valence-electron chi connectivity index (χ4n) is 0.979. The van der Waals surface area contributed by atoms with Crippen LogP contribution in [0.4, 0.5) is 6.01 Å². The van der Waals surface area contributed by atoms with Crippen LogP contribution in [0.25, 0.3) is 0 Å². The van der Waals surface area contributed by atoms with Gasteiger partial charge in [0.1, 0.15) is 0 Å². The van der Waals surface area contributed by atoms with E-state index in [-0.39, 0.29) is 17.7 Å². The standard InChI is InChI=1S/C8H12N2O3/c1-4(2)5-6(7(11)12-3)13-8(9)10-5/h4H,1-3H3,(H2,9,10). The van der Waals surface area contributed by atoms with Crippen molar-refractivity contribution in [1.29, 1.82) is 0 Å². The number of nitrogens with zero attached hydrogens (tertiary/aromatic N) is 1. The van der Waals surface area contributed by atoms with Crippen LogP contribution < -0.4 is 5.73 Å². The van der Waals surface area contributed by atoms with Crippen LogP contribution in [0.2, 0.25) is 0 Å². The van der Waals surface area contributed by atoms with Crippen molar-refractivity contribution in [2.75, 3.05) is 12.8 Å². The van der Waals surface area contributed by atoms with E-state index >= 15 is 0 Å². The van der Waals surface area contributed by atoms with Crippen LogP contribution in [0.15, 0.2) is 4.42 Å². The monoisotopic (exact) mass is 184 g/mol. The molecule has 0 unspecified atom stereocenters. The minimum atomic E-state index is -0.548. The largest absolute Gasteiger partial charge is 0.463 e. The zero-order chi connectivity index (χ0) is 10.0. The maximum absolute atomic E-state index is 11.1. The quantitative estimate of drug-likeness (QED) is 0.698. The predicted octanol–water partition coefficient (Wildman–Crippen LogP) is 1.17. The van der Waals surface area contributed by atoms with Crippen LogP contribution in [-0.2, 0) is 4.74 Å². The van der Waals surface area contributed by atoms with Gasteiger partial charge in [-0.25, -0.2) is 4.79 Å². The van der Waals surface area contributed by atoms with Gasteiger partial charge in [-0.1, -0.05) is 13.8 Å². The number of esters is 1. The first-order chi connectivity index (χ1) is 6.06. The third-order valence-corrected chi connectivity index (χ3v) is 1.59. The fraction of sp³-hybridized carbons (Fsp3) is 0.500. The van der Waals surface area contributed by atoms with E-state index < -0.39 is 5.97 Å². The molecule has 0 radical (unpaired) electrons. The van der Waals surface area contributed by atoms with E-state index in [9.17, 15) is 4.79 Å². The van der Waals surface area contributed by atoms with E-state index in [1.54, 1.807) is 0 Å². The van der Waals surface area contributed by atoms with Gasteiger partial charge >= 0.3 is 5.97 Å². The first-order valence-electron chi connectivity index (χ1n) is 3.90. The van der Waals surface area contributed by atoms with Gasteiger partial charge in [-0.3, -0.25) is 0 Å². The van der Waals surface area contributed by atoms with Gasteiger partial charge in [0.15, 0.2) is 0 Å². The summed E-state index contributed by atoms with van der Waals surface area (Å²) in [7, 11) is 1.28. The van der Waals surface area contributed by atoms with Crippen molar-refractivity contribution in [1.82, 2.24) is 4.98 Å². The third-order valence-electron chi connectivity index (χ3n) is 1.59. The average Bonchev–Trinajstić information content (AvgIpc) is 2.46. The number of hydrogen-bond donors (Lipinski definition) is 1. The number of rotatable bonds is 2. The van der Waals surface area contributed by atoms with Crippen molar-refractivity contribution in [2.24, 2.45) is 0 Å². The van der Waals surface area contributed by atoms with Gasteiger partial charge in [0.2, 0.25) is 5.76 Å². The van der Waals surface area contributed by atoms with Crippen molar-refractivity contribution in [2.45, 2.75) is 19.8 Å². The molecule has 1 heterocycles. The lowest BCUT2D eigenvalue weighted by atomic mass is 10.1. The Labute approximate surface area is 75.9 Å². The van der Waals surface area contributed by atoms with Crippen molar-refractivity contribution in [3.05, 3.63) is 11.5 Å². The normalized spacial score (nSPS) is 10.5. The van der Waals surface area contributed by atoms with Crippen LogP contribution in [0, 0.1) is 0 Å². The summed E-state index contributed by atoms with van der Waals surface area (Å²) in [6.07, 6.45) is 0. The SMILES string of the molecule is COC(=O)c1oc(N)nc1C(C)C. The van der Waals surface area contributed by atoms with E-state index in [0.717, 1.165) is 0 Å². The lowest BCUT2D eigenvalue weighted by Crippen LogP contribution is -2.04. The Hall–Kier alpha value is -1.52. The Kier molecular flexibility index (Phi) is 2.55. The molecule has 0 fully saturated rings. The van der Waals surface area contributed by atoms with Crippen LogP contribution >= 0.6 is 0 Å². The van der Waals surface area contributed by atoms with Gasteiger partial charge in [-0.2, -0.15) is 4.98 Å². The number of carbonyl (C=O) groups is 1. The second-order valence-electron chi connectivity index (χ2n) is 2.91. The van der Waals surface area contributed by atoms with Crippen molar-refractivity contribution < 1.29 is 13.9 Å². The van der Waals surface area contributed by atoms with E-state index in [4.69, 9.17) is 10.2 Å². The highest BCUT2D eigenvalue weighted by atomic mass is 16.5. The number of ether oxygens (including phenoxy) is 1. The fourth-order valence-corrected chi connectivity index (χ4v) is 0.979. The molecular formula is C8H12N2O3. The highest BCUT2D eigenvalue weighted by Gasteiger charge is 2.21. The Bertz CT molecular complexity index is 317. The molecule has 5 heteroatoms. The summed E-state index contributed by atoms with van der Waals surface area (Å²) in [6, 6.07) is -0.0101. The zero-order valence-electron chi connectivity index (χ0n) is 7.83. The highest BCUT2D eigenvalue weighted by Crippen LogP contribution is 2.21. The molecule has 1 aromatic rings. The number of methoxy groups -OCH3 is 1. The van der Waals surface area contributed by atoms with Crippen LogP contribution in [0.3, 0.4) is 0 Å². The Morgan fingerprint density at radius 1 is 1.62 bits per heavy atom. The molecule has 0 spiro atoms. The topological polar surface area (TPSA) is 78.3 Å². The maximum Gasteiger partial charge on any atom is 0.376 e. The van der Waals surface area contributed by atoms with Crippen LogP contribution in [0.5, 0.6) is 0 Å². The Morgan fingerprint density at radius 3 is 2.69 bits per heavy atom. The molecule has 1 rings (SSSR count). The predicted molar refractivity (Wildman–Crippen MR) is 46.3 cm³/mol. The minimum Gasteiger partial charge on any atom is -0.463 e. The van der Waals surface area contributed by atoms with E-state index in [0.29, 0.717) is 5.69 Å². The summed E-state index contributed by atoms with van der Waals surface area (Å²) in [4.78, 5) is 15.0. The molecule has 0 aromatic carbocycles. The summed E-state index contributed by atoms with van der Waals surface area (Å²) in [5.74, 6) is -0.377. The number of nitrogens with two attached hydrogens (primary N) is 1. The molecule has 2 N–H and O–H groups in total. The molecular weight excluding hydrogens is 172 g/mol. The van der Waals surface area contributed by atoms with E-state index in [1.165, 1.54) is 7.11 Å². The average molecular weight is 184 g/mol. The molecule has 5 nitrogen and oxygen atoms in total. The molecule has 0 aliphatic heterocycles. The van der Waals surface area contributed by atoms with Gasteiger partial charge in [-0.05, 0) is 5.92 Å². The summed E-state index contributed by atoms with van der Waals surface area (Å²) < 4.78 is 9.43. The second-order valence-corrected chi connectivity index (χ2v) is 2.91. The van der Waals surface area contributed by atoms with Crippen molar-refractivity contribution in [3.63, 3.8) is 0 Å². The summed E-state index contributed by atoms with van der Waals surface area (Å²) >= 11 is 0. The molecule has 0 aliphatic rings. The first kappa shape index (κ1) is 9.57. The smallest absolute Gasteiger partial charge is 0.376 e. The lowest BCUT2D eigenvalue weighted by Gasteiger charge is -2.00. The molecule has 72 valence electrons. The lowest BCUT2D eigenvalue weighted by molar-refractivity contribution is 0.0564. The van der Waals surface area contributed by atoms with Gasteiger partial charge < -0.3 is 14.9 Å². The first-order valence-corrected chi connectivity index (χ1v) is 3.90. The molecule has 0 atom stereocenters. The summed E-state index contributed by atoms with van der Waals surface area (Å²) in [5.41, 5.74) is 5.86. The van der Waals surface area contributed by atoms with E-state index in [1.807, 2.05) is 13.8 Å². The number of nitrogen functional groups attached to an aromatic ring is 1. The van der Waals surface area contributed by atoms with Gasteiger partial charge in [-0.15, -0.1) is 0 Å². The highest BCUT2D eigenvalue weighted by molar-refractivity contribution is 5.87. The molecule has 0 amide bonds. The van der Waals surface area contributed by atoms with Crippen LogP contribution in [0.1, 0.15) is 36.0 Å². The summed E-state index contributed by atoms with van der Waals surface area (Å²) in [6.45, 7) is 3.79.